The van der Waals surface area contributed by atoms with Crippen molar-refractivity contribution in [2.24, 2.45) is 0 Å². The Morgan fingerprint density at radius 3 is 1.72 bits per heavy atom. The molecule has 0 radical (unpaired) electrons. The molecular weight excluding hydrogens is 327 g/mol. The van der Waals surface area contributed by atoms with E-state index >= 15 is 0 Å². The largest absolute Gasteiger partial charge is 0.497 e. The minimum absolute atomic E-state index is 0.604. The van der Waals surface area contributed by atoms with Crippen LogP contribution < -0.4 is 15.3 Å². The van der Waals surface area contributed by atoms with Crippen molar-refractivity contribution in [1.29, 1.82) is 0 Å². The standard InChI is InChI=1S/C22H19O2P/c1-3-22(18-14-16-19(24-2)17-15-18)25(23,20-10-6-4-7-11-20)21-12-8-5-9-13-21/h4-17H,1H2,2H3. The second-order valence-corrected chi connectivity index (χ2v) is 8.23. The van der Waals surface area contributed by atoms with Gasteiger partial charge in [0.2, 0.25) is 0 Å². The van der Waals surface area contributed by atoms with Gasteiger partial charge in [-0.25, -0.2) is 0 Å². The maximum absolute atomic E-state index is 14.3. The minimum Gasteiger partial charge on any atom is -0.497 e. The molecule has 124 valence electrons. The third-order valence-electron chi connectivity index (χ3n) is 4.09. The molecule has 25 heavy (non-hydrogen) atoms. The fourth-order valence-corrected chi connectivity index (χ4v) is 5.56. The van der Waals surface area contributed by atoms with E-state index in [-0.39, 0.29) is 0 Å². The van der Waals surface area contributed by atoms with Gasteiger partial charge in [0.05, 0.1) is 12.4 Å². The first-order valence-corrected chi connectivity index (χ1v) is 9.67. The molecule has 0 amide bonds. The molecule has 3 rings (SSSR count). The van der Waals surface area contributed by atoms with Crippen LogP contribution in [-0.2, 0) is 4.57 Å². The predicted octanol–water partition coefficient (Wildman–Crippen LogP) is 4.84. The lowest BCUT2D eigenvalue weighted by Gasteiger charge is -2.21. The van der Waals surface area contributed by atoms with E-state index in [0.29, 0.717) is 5.31 Å². The third-order valence-corrected chi connectivity index (χ3v) is 7.18. The highest BCUT2D eigenvalue weighted by Gasteiger charge is 2.32. The summed E-state index contributed by atoms with van der Waals surface area (Å²) in [6, 6.07) is 26.5. The molecule has 3 aromatic carbocycles. The molecule has 0 unspecified atom stereocenters. The monoisotopic (exact) mass is 346 g/mol. The van der Waals surface area contributed by atoms with E-state index in [2.05, 4.69) is 12.3 Å². The lowest BCUT2D eigenvalue weighted by Crippen LogP contribution is -2.16. The molecule has 0 bridgehead atoms. The first-order valence-electron chi connectivity index (χ1n) is 7.96. The van der Waals surface area contributed by atoms with Crippen molar-refractivity contribution in [2.45, 2.75) is 0 Å². The van der Waals surface area contributed by atoms with Crippen LogP contribution in [0.2, 0.25) is 0 Å². The van der Waals surface area contributed by atoms with Gasteiger partial charge in [0.1, 0.15) is 5.75 Å². The zero-order chi connectivity index (χ0) is 17.7. The molecule has 0 saturated carbocycles. The molecular formula is C22H19O2P. The summed E-state index contributed by atoms with van der Waals surface area (Å²) < 4.78 is 19.6. The molecule has 2 nitrogen and oxygen atoms in total. The molecule has 0 atom stereocenters. The topological polar surface area (TPSA) is 26.3 Å². The molecule has 3 aromatic rings. The highest BCUT2D eigenvalue weighted by molar-refractivity contribution is 7.87. The third kappa shape index (κ3) is 3.23. The van der Waals surface area contributed by atoms with Gasteiger partial charge in [0.15, 0.2) is 7.14 Å². The lowest BCUT2D eigenvalue weighted by atomic mass is 10.2. The van der Waals surface area contributed by atoms with Crippen molar-refractivity contribution in [3.8, 4) is 5.75 Å². The van der Waals surface area contributed by atoms with Crippen molar-refractivity contribution in [3.63, 3.8) is 0 Å². The maximum atomic E-state index is 14.3. The highest BCUT2D eigenvalue weighted by Crippen LogP contribution is 2.56. The predicted molar refractivity (Wildman–Crippen MR) is 105 cm³/mol. The SMILES string of the molecule is C=C=C(c1ccc(OC)cc1)P(=O)(c1ccccc1)c1ccccc1. The van der Waals surface area contributed by atoms with Crippen molar-refractivity contribution in [1.82, 2.24) is 0 Å². The maximum Gasteiger partial charge on any atom is 0.178 e. The molecule has 0 N–H and O–H groups in total. The molecule has 0 spiro atoms. The van der Waals surface area contributed by atoms with Gasteiger partial charge in [0, 0.05) is 10.6 Å². The van der Waals surface area contributed by atoms with Gasteiger partial charge in [0.25, 0.3) is 0 Å². The Morgan fingerprint density at radius 1 is 0.840 bits per heavy atom. The van der Waals surface area contributed by atoms with E-state index in [9.17, 15) is 4.57 Å². The number of benzene rings is 3. The number of rotatable bonds is 5. The summed E-state index contributed by atoms with van der Waals surface area (Å²) in [5.41, 5.74) is 3.78. The van der Waals surface area contributed by atoms with E-state index in [0.717, 1.165) is 21.9 Å². The summed E-state index contributed by atoms with van der Waals surface area (Å²) in [5.74, 6) is 0.751. The van der Waals surface area contributed by atoms with E-state index in [1.807, 2.05) is 84.9 Å². The quantitative estimate of drug-likeness (QED) is 0.488. The highest BCUT2D eigenvalue weighted by atomic mass is 31.2. The van der Waals surface area contributed by atoms with Crippen molar-refractivity contribution in [2.75, 3.05) is 7.11 Å². The van der Waals surface area contributed by atoms with Crippen LogP contribution in [-0.4, -0.2) is 7.11 Å². The second kappa shape index (κ2) is 7.40. The molecule has 0 aliphatic carbocycles. The zero-order valence-corrected chi connectivity index (χ0v) is 14.9. The summed E-state index contributed by atoms with van der Waals surface area (Å²) in [6.45, 7) is 3.83. The van der Waals surface area contributed by atoms with Gasteiger partial charge in [-0.05, 0) is 29.8 Å². The van der Waals surface area contributed by atoms with Gasteiger partial charge in [-0.1, -0.05) is 67.2 Å². The number of hydrogen-bond acceptors (Lipinski definition) is 2. The summed E-state index contributed by atoms with van der Waals surface area (Å²) in [5, 5.41) is 2.14. The van der Waals surface area contributed by atoms with Crippen LogP contribution in [0.1, 0.15) is 5.56 Å². The van der Waals surface area contributed by atoms with Crippen LogP contribution in [0.5, 0.6) is 5.75 Å². The fourth-order valence-electron chi connectivity index (χ4n) is 2.83. The Bertz CT molecular complexity index is 895. The molecule has 0 aliphatic heterocycles. The zero-order valence-electron chi connectivity index (χ0n) is 14.1. The van der Waals surface area contributed by atoms with Gasteiger partial charge >= 0.3 is 0 Å². The Hall–Kier alpha value is -2.79. The van der Waals surface area contributed by atoms with Crippen LogP contribution in [0.4, 0.5) is 0 Å². The average Bonchev–Trinajstić information content (AvgIpc) is 2.70. The van der Waals surface area contributed by atoms with Gasteiger partial charge in [-0.2, -0.15) is 0 Å². The number of methoxy groups -OCH3 is 1. The Labute approximate surface area is 148 Å². The van der Waals surface area contributed by atoms with Crippen LogP contribution in [0.15, 0.2) is 97.2 Å². The second-order valence-electron chi connectivity index (χ2n) is 5.53. The van der Waals surface area contributed by atoms with Crippen molar-refractivity contribution >= 4 is 23.1 Å². The summed E-state index contributed by atoms with van der Waals surface area (Å²) in [4.78, 5) is 0. The van der Waals surface area contributed by atoms with Crippen molar-refractivity contribution < 1.29 is 9.30 Å². The van der Waals surface area contributed by atoms with Crippen LogP contribution in [0.25, 0.3) is 5.31 Å². The molecule has 3 heteroatoms. The van der Waals surface area contributed by atoms with E-state index in [4.69, 9.17) is 4.74 Å². The van der Waals surface area contributed by atoms with Crippen LogP contribution in [0, 0.1) is 0 Å². The first kappa shape index (κ1) is 17.0. The van der Waals surface area contributed by atoms with Gasteiger partial charge in [-0.15, -0.1) is 5.73 Å². The summed E-state index contributed by atoms with van der Waals surface area (Å²) in [6.07, 6.45) is 0. The van der Waals surface area contributed by atoms with Crippen molar-refractivity contribution in [3.05, 3.63) is 103 Å². The normalized spacial score (nSPS) is 10.8. The lowest BCUT2D eigenvalue weighted by molar-refractivity contribution is 0.415. The number of ether oxygens (including phenoxy) is 1. The van der Waals surface area contributed by atoms with Gasteiger partial charge in [-0.3, -0.25) is 0 Å². The van der Waals surface area contributed by atoms with Crippen LogP contribution in [0.3, 0.4) is 0 Å². The Kier molecular flexibility index (Phi) is 5.05. The molecule has 0 aromatic heterocycles. The molecule has 0 saturated heterocycles. The minimum atomic E-state index is -3.08. The number of hydrogen-bond donors (Lipinski definition) is 0. The Balaban J connectivity index is 2.23. The van der Waals surface area contributed by atoms with Gasteiger partial charge < -0.3 is 9.30 Å². The summed E-state index contributed by atoms with van der Waals surface area (Å²) >= 11 is 0. The Morgan fingerprint density at radius 2 is 1.32 bits per heavy atom. The molecule has 0 heterocycles. The fraction of sp³-hybridized carbons (Fsp3) is 0.0455. The molecule has 0 aliphatic rings. The molecule has 0 fully saturated rings. The van der Waals surface area contributed by atoms with E-state index in [1.165, 1.54) is 0 Å². The first-order chi connectivity index (χ1) is 12.2. The summed E-state index contributed by atoms with van der Waals surface area (Å²) in [7, 11) is -1.45. The smallest absolute Gasteiger partial charge is 0.178 e. The van der Waals surface area contributed by atoms with Crippen LogP contribution >= 0.6 is 7.14 Å². The van der Waals surface area contributed by atoms with E-state index in [1.54, 1.807) is 7.11 Å². The van der Waals surface area contributed by atoms with E-state index < -0.39 is 7.14 Å². The average molecular weight is 346 g/mol.